The summed E-state index contributed by atoms with van der Waals surface area (Å²) >= 11 is 0.119. The van der Waals surface area contributed by atoms with Crippen molar-refractivity contribution in [3.8, 4) is 0 Å². The van der Waals surface area contributed by atoms with Crippen LogP contribution in [-0.4, -0.2) is 341 Å². The van der Waals surface area contributed by atoms with Crippen molar-refractivity contribution >= 4 is 192 Å². The fourth-order valence-corrected chi connectivity index (χ4v) is 19.5. The number of ether oxygens (including phenoxy) is 6. The molecular formula is C44H50N2Na14O64S16. The van der Waals surface area contributed by atoms with Gasteiger partial charge in [0.25, 0.3) is 0 Å². The maximum Gasteiger partial charge on any atom is 1.00 e. The Bertz CT molecular complexity index is 5560. The molecule has 4 aliphatic rings. The second-order valence-corrected chi connectivity index (χ2v) is 40.8. The third-order valence-electron chi connectivity index (χ3n) is 15.1. The van der Waals surface area contributed by atoms with Gasteiger partial charge in [-0.05, 0) is 61.4 Å². The van der Waals surface area contributed by atoms with Gasteiger partial charge in [0.15, 0.2) is 24.8 Å². The largest absolute Gasteiger partial charge is 1.00 e. The topological polar surface area (TPSA) is 1040 Å². The standard InChI is InChI=1S/C44H64N2O64S16.14Na/c47-27(45-19-7-11-21(12-8-19)111-43-39(109-125(85,86)87)33(103-119(67,68)69)29(23(97-43)15-91-113(49,50)51)99-41-37(107-123(79,80)81)35(105-121(73,74)75)31(101-117(61,62)63)25(95-41)17-93-115(55,56)57)5-3-1-2-4-6-28(48)46-20-9-13-22(14-10-20)112-44-40(110-126(88,89)90)34(104-120(70,71)72)30(24(98-44)16-92-114(52,53)54)100-42-38(108-124(82,83)84)36(106-122(76,77)78)32(102-118(64,65)66)26(96-42)18-94-116(58,59)60;;;;;;;;;;;;;;/h7-14,23-26,29-44H,1-6,15-18H2,(H,45,47)(H,46,48)(H,49,50,51)(H,52,53,54)(H,55,56,57)(H,58,59,60)(H,61,62,63)(H,64,65,66)(H,67,68,69)(H,70,71,72)(H,73,74,75)(H,76,77,78)(H,79,80,81)(H,82,83,84)(H,85,86,87)(H,88,89,90);;;;;;;;;;;;;;/q;14*+1/p-14/t23-,24-,25-,26-,29-,30-,31-,32-,33+,34+,35+,36+,37-,38-,39-,40-,41-,42-,43+,44+;;;;;;;;;;;;;;/m1............../s1. The molecule has 4 aliphatic heterocycles. The second kappa shape index (κ2) is 71.3. The first-order valence-corrected chi connectivity index (χ1v) is 52.2. The third kappa shape index (κ3) is 67.9. The number of hydrogen-bond donors (Lipinski definition) is 2. The molecule has 0 spiro atoms. The van der Waals surface area contributed by atoms with E-state index >= 15 is 0 Å². The van der Waals surface area contributed by atoms with Crippen LogP contribution in [-0.2, 0) is 242 Å². The molecule has 20 atom stereocenters. The van der Waals surface area contributed by atoms with Gasteiger partial charge in [-0.25, -0.2) is 118 Å². The molecule has 4 fully saturated rings. The molecule has 4 heterocycles. The summed E-state index contributed by atoms with van der Waals surface area (Å²) in [5.74, 6) is -1.48. The molecule has 140 heavy (non-hydrogen) atoms. The molecule has 730 valence electrons. The summed E-state index contributed by atoms with van der Waals surface area (Å²) in [6.45, 7) is -8.12. The summed E-state index contributed by atoms with van der Waals surface area (Å²) in [6.07, 6.45) is -59.2. The first-order chi connectivity index (χ1) is 56.9. The van der Waals surface area contributed by atoms with Crippen LogP contribution in [0.15, 0.2) is 58.3 Å². The summed E-state index contributed by atoms with van der Waals surface area (Å²) in [5, 5.41) is 4.84. The summed E-state index contributed by atoms with van der Waals surface area (Å²) in [5.41, 5.74) is -5.22. The molecular weight excluding hydrogens is 2420 g/mol. The summed E-state index contributed by atoms with van der Waals surface area (Å²) in [6, 6.07) is 8.16. The van der Waals surface area contributed by atoms with Gasteiger partial charge in [-0.1, -0.05) is 36.4 Å². The average molecular weight is 2470 g/mol. The van der Waals surface area contributed by atoms with Crippen LogP contribution in [0.2, 0.25) is 0 Å². The van der Waals surface area contributed by atoms with Gasteiger partial charge < -0.3 is 103 Å². The number of carbonyl (C=O) groups excluding carboxylic acids is 2. The van der Waals surface area contributed by atoms with E-state index in [2.05, 4.69) is 69.2 Å². The van der Waals surface area contributed by atoms with Crippen molar-refractivity contribution < 1.29 is 692 Å². The molecule has 2 N–H and O–H groups in total. The molecule has 2 amide bonds. The molecule has 4 saturated heterocycles. The number of rotatable bonds is 49. The van der Waals surface area contributed by atoms with Gasteiger partial charge in [-0.3, -0.25) is 68.2 Å². The van der Waals surface area contributed by atoms with E-state index in [1.807, 2.05) is 0 Å². The van der Waals surface area contributed by atoms with E-state index < -0.39 is 305 Å². The van der Waals surface area contributed by atoms with Crippen LogP contribution in [0.25, 0.3) is 0 Å². The van der Waals surface area contributed by atoms with Crippen molar-refractivity contribution in [1.82, 2.24) is 0 Å². The number of nitrogens with one attached hydrogen (secondary N) is 2. The Morgan fingerprint density at radius 1 is 0.243 bits per heavy atom. The molecule has 66 nitrogen and oxygen atoms in total. The van der Waals surface area contributed by atoms with Crippen molar-refractivity contribution in [3.63, 3.8) is 0 Å². The summed E-state index contributed by atoms with van der Waals surface area (Å²) in [4.78, 5) is 25.5. The van der Waals surface area contributed by atoms with E-state index in [1.54, 1.807) is 0 Å². The summed E-state index contributed by atoms with van der Waals surface area (Å²) < 4.78 is 592. The Kier molecular flexibility index (Phi) is 85.3. The molecule has 0 saturated carbocycles. The molecule has 6 rings (SSSR count). The van der Waals surface area contributed by atoms with Crippen molar-refractivity contribution in [1.29, 1.82) is 0 Å². The van der Waals surface area contributed by atoms with Gasteiger partial charge in [0.05, 0.1) is 26.4 Å². The first kappa shape index (κ1) is 168. The van der Waals surface area contributed by atoms with Crippen molar-refractivity contribution in [2.45, 2.75) is 169 Å². The average Bonchev–Trinajstić information content (AvgIpc) is 0.756. The van der Waals surface area contributed by atoms with Crippen LogP contribution in [0, 0.1) is 0 Å². The zero-order valence-electron chi connectivity index (χ0n) is 73.9. The SMILES string of the molecule is O=C(CCCCCCC(=O)Nc1ccc(S[C@@H]2O[C@H](COS(=O)(=O)[O-])[C@@H](O[C@H]3O[C@H](COS(=O)(=O)[O-])[C@@H](OS(=O)(=O)[O-])[C@H](OS(=O)(=O)[O-])[C@H]3OS(=O)(=O)[O-])[C@H](OS(=O)(=O)[O-])[C@H]2OS(=O)(=O)[O-])cc1)Nc1ccc(S[C@@H]2O[C@H](COS(=O)(=O)[O-])[C@@H](O[C@H]3O[C@H](COS(=O)(=O)[O-])[C@@H](OS(=O)(=O)[O-])[C@H](OS(=O)(=O)[O-])[C@H]3OS(=O)(=O)[O-])[C@H](OS(=O)(=O)[O-])[C@H]2OS(=O)(=O)[O-])cc1.[Na+].[Na+].[Na+].[Na+].[Na+].[Na+].[Na+].[Na+].[Na+].[Na+].[Na+].[Na+].[Na+].[Na+]. The number of benzene rings is 2. The van der Waals surface area contributed by atoms with Gasteiger partial charge in [0.2, 0.25) is 157 Å². The van der Waals surface area contributed by atoms with Gasteiger partial charge in [-0.2, -0.15) is 0 Å². The van der Waals surface area contributed by atoms with E-state index in [0.717, 1.165) is 48.5 Å². The quantitative estimate of drug-likeness (QED) is 0.0269. The first-order valence-electron chi connectivity index (χ1n) is 31.8. The van der Waals surface area contributed by atoms with Gasteiger partial charge in [0.1, 0.15) is 96.3 Å². The zero-order chi connectivity index (χ0) is 95.7. The number of amides is 2. The van der Waals surface area contributed by atoms with Gasteiger partial charge in [-0.15, -0.1) is 0 Å². The minimum atomic E-state index is -6.60. The zero-order valence-corrected chi connectivity index (χ0v) is 115. The molecule has 0 aliphatic carbocycles. The Hall–Kier alpha value is 10.0. The number of anilines is 2. The van der Waals surface area contributed by atoms with Crippen LogP contribution in [0.4, 0.5) is 11.4 Å². The van der Waals surface area contributed by atoms with Crippen molar-refractivity contribution in [2.75, 3.05) is 37.1 Å². The predicted molar refractivity (Wildman–Crippen MR) is 362 cm³/mol. The molecule has 96 heteroatoms. The van der Waals surface area contributed by atoms with E-state index in [1.165, 1.54) is 0 Å². The number of unbranched alkanes of at least 4 members (excludes halogenated alkanes) is 3. The minimum Gasteiger partial charge on any atom is -0.726 e. The number of hydrogen-bond acceptors (Lipinski definition) is 66. The maximum absolute atomic E-state index is 13.0. The maximum atomic E-state index is 13.0. The van der Waals surface area contributed by atoms with Gasteiger partial charge in [0, 0.05) is 34.0 Å². The van der Waals surface area contributed by atoms with E-state index in [4.69, 9.17) is 28.4 Å². The van der Waals surface area contributed by atoms with E-state index in [-0.39, 0.29) is 497 Å². The Labute approximate surface area is 1120 Å². The smallest absolute Gasteiger partial charge is 0.726 e. The molecule has 2 aromatic carbocycles. The Morgan fingerprint density at radius 2 is 0.429 bits per heavy atom. The molecule has 0 radical (unpaired) electrons. The predicted octanol–water partition coefficient (Wildman–Crippen LogP) is -53.1. The molecule has 0 unspecified atom stereocenters. The van der Waals surface area contributed by atoms with Crippen LogP contribution in [0.3, 0.4) is 0 Å². The second-order valence-electron chi connectivity index (χ2n) is 24.1. The van der Waals surface area contributed by atoms with E-state index in [9.17, 15) is 191 Å². The van der Waals surface area contributed by atoms with Gasteiger partial charge >= 0.3 is 414 Å². The minimum absolute atomic E-state index is 0. The fourth-order valence-electron chi connectivity index (χ4n) is 11.0. The van der Waals surface area contributed by atoms with Crippen LogP contribution in [0.1, 0.15) is 38.5 Å². The number of carbonyl (C=O) groups is 2. The van der Waals surface area contributed by atoms with Crippen molar-refractivity contribution in [3.05, 3.63) is 48.5 Å². The molecule has 0 bridgehead atoms. The van der Waals surface area contributed by atoms with Crippen LogP contribution < -0.4 is 424 Å². The summed E-state index contributed by atoms with van der Waals surface area (Å²) in [7, 11) is -89.5. The Morgan fingerprint density at radius 3 is 0.636 bits per heavy atom. The molecule has 2 aromatic rings. The van der Waals surface area contributed by atoms with E-state index in [0.29, 0.717) is 0 Å². The Balaban J connectivity index is -0.00000175. The van der Waals surface area contributed by atoms with Crippen molar-refractivity contribution in [2.24, 2.45) is 0 Å². The molecule has 0 aromatic heterocycles. The number of thioether (sulfide) groups is 2. The van der Waals surface area contributed by atoms with Crippen LogP contribution >= 0.6 is 23.5 Å². The third-order valence-corrected chi connectivity index (χ3v) is 23.7. The monoisotopic (exact) mass is 2460 g/mol. The van der Waals surface area contributed by atoms with Crippen LogP contribution in [0.5, 0.6) is 0 Å². The normalized spacial score (nSPS) is 25.4. The fraction of sp³-hybridized carbons (Fsp3) is 0.682.